The van der Waals surface area contributed by atoms with Crippen LogP contribution in [0, 0.1) is 0 Å². The van der Waals surface area contributed by atoms with Gasteiger partial charge in [0.05, 0.1) is 0 Å². The van der Waals surface area contributed by atoms with Crippen molar-refractivity contribution in [3.63, 3.8) is 0 Å². The fourth-order valence-corrected chi connectivity index (χ4v) is 2.86. The van der Waals surface area contributed by atoms with Gasteiger partial charge in [-0.2, -0.15) is 9.36 Å². The summed E-state index contributed by atoms with van der Waals surface area (Å²) >= 11 is 1.12. The third kappa shape index (κ3) is 5.37. The van der Waals surface area contributed by atoms with Gasteiger partial charge in [0.2, 0.25) is 5.13 Å². The summed E-state index contributed by atoms with van der Waals surface area (Å²) in [5.74, 6) is 0.261. The summed E-state index contributed by atoms with van der Waals surface area (Å²) in [5.41, 5.74) is 1.28. The molecule has 0 aliphatic heterocycles. The van der Waals surface area contributed by atoms with E-state index in [1.807, 2.05) is 30.3 Å². The number of hydrogen-bond donors (Lipinski definition) is 2. The van der Waals surface area contributed by atoms with E-state index < -0.39 is 11.7 Å². The molecule has 0 saturated heterocycles. The zero-order valence-electron chi connectivity index (χ0n) is 15.7. The summed E-state index contributed by atoms with van der Waals surface area (Å²) in [6, 6.07) is 16.0. The van der Waals surface area contributed by atoms with E-state index >= 15 is 0 Å². The summed E-state index contributed by atoms with van der Waals surface area (Å²) in [6.07, 6.45) is -0.549. The number of ether oxygens (including phenoxy) is 1. The van der Waals surface area contributed by atoms with Gasteiger partial charge >= 0.3 is 6.09 Å². The van der Waals surface area contributed by atoms with Crippen LogP contribution in [0.2, 0.25) is 0 Å². The van der Waals surface area contributed by atoms with Gasteiger partial charge in [0.15, 0.2) is 5.82 Å². The zero-order valence-corrected chi connectivity index (χ0v) is 16.5. The van der Waals surface area contributed by atoms with Crippen LogP contribution < -0.4 is 10.6 Å². The van der Waals surface area contributed by atoms with Crippen molar-refractivity contribution >= 4 is 34.4 Å². The lowest BCUT2D eigenvalue weighted by molar-refractivity contribution is 0.0636. The summed E-state index contributed by atoms with van der Waals surface area (Å²) < 4.78 is 9.46. The van der Waals surface area contributed by atoms with Crippen LogP contribution in [0.15, 0.2) is 54.6 Å². The molecular weight excluding hydrogens is 376 g/mol. The number of carbonyl (C=O) groups excluding carboxylic acids is 2. The molecule has 144 valence electrons. The first-order valence-corrected chi connectivity index (χ1v) is 9.38. The molecule has 2 amide bonds. The third-order valence-corrected chi connectivity index (χ3v) is 4.10. The number of carbonyl (C=O) groups is 2. The van der Waals surface area contributed by atoms with E-state index in [4.69, 9.17) is 4.74 Å². The van der Waals surface area contributed by atoms with Crippen molar-refractivity contribution in [3.8, 4) is 11.4 Å². The zero-order chi connectivity index (χ0) is 20.1. The molecule has 7 nitrogen and oxygen atoms in total. The first-order chi connectivity index (χ1) is 13.3. The van der Waals surface area contributed by atoms with Crippen molar-refractivity contribution in [2.75, 3.05) is 10.6 Å². The Morgan fingerprint density at radius 2 is 1.64 bits per heavy atom. The first kappa shape index (κ1) is 19.5. The Morgan fingerprint density at radius 3 is 2.29 bits per heavy atom. The maximum atomic E-state index is 12.4. The van der Waals surface area contributed by atoms with Crippen molar-refractivity contribution in [1.29, 1.82) is 0 Å². The number of benzene rings is 2. The molecule has 0 aliphatic rings. The summed E-state index contributed by atoms with van der Waals surface area (Å²) in [6.45, 7) is 5.37. The number of nitrogens with zero attached hydrogens (tertiary/aromatic N) is 2. The van der Waals surface area contributed by atoms with Gasteiger partial charge in [0.25, 0.3) is 5.91 Å². The molecule has 2 N–H and O–H groups in total. The van der Waals surface area contributed by atoms with Crippen molar-refractivity contribution in [1.82, 2.24) is 9.36 Å². The molecular formula is C20H20N4O3S. The average Bonchev–Trinajstić information content (AvgIpc) is 3.10. The second-order valence-electron chi connectivity index (χ2n) is 6.95. The van der Waals surface area contributed by atoms with Crippen molar-refractivity contribution < 1.29 is 14.3 Å². The smallest absolute Gasteiger partial charge is 0.412 e. The molecule has 3 aromatic rings. The molecule has 0 aliphatic carbocycles. The number of amides is 2. The molecule has 0 radical (unpaired) electrons. The maximum absolute atomic E-state index is 12.4. The molecule has 1 aromatic heterocycles. The molecule has 8 heteroatoms. The van der Waals surface area contributed by atoms with Crippen LogP contribution in [0.5, 0.6) is 0 Å². The molecule has 3 rings (SSSR count). The van der Waals surface area contributed by atoms with Gasteiger partial charge in [-0.25, -0.2) is 4.79 Å². The molecule has 0 unspecified atom stereocenters. The Labute approximate surface area is 166 Å². The van der Waals surface area contributed by atoms with Crippen LogP contribution in [0.4, 0.5) is 15.6 Å². The van der Waals surface area contributed by atoms with E-state index in [9.17, 15) is 9.59 Å². The number of aromatic nitrogens is 2. The van der Waals surface area contributed by atoms with E-state index in [-0.39, 0.29) is 5.91 Å². The molecule has 0 spiro atoms. The highest BCUT2D eigenvalue weighted by Crippen LogP contribution is 2.21. The average molecular weight is 396 g/mol. The predicted molar refractivity (Wildman–Crippen MR) is 110 cm³/mol. The fourth-order valence-electron chi connectivity index (χ4n) is 2.27. The molecule has 0 fully saturated rings. The van der Waals surface area contributed by atoms with Crippen LogP contribution in [-0.2, 0) is 4.74 Å². The van der Waals surface area contributed by atoms with Gasteiger partial charge in [-0.15, -0.1) is 0 Å². The summed E-state index contributed by atoms with van der Waals surface area (Å²) in [7, 11) is 0. The second-order valence-corrected chi connectivity index (χ2v) is 7.70. The predicted octanol–water partition coefficient (Wildman–Crippen LogP) is 4.80. The lowest BCUT2D eigenvalue weighted by atomic mass is 10.2. The Morgan fingerprint density at radius 1 is 0.964 bits per heavy atom. The number of nitrogens with one attached hydrogen (secondary N) is 2. The van der Waals surface area contributed by atoms with Crippen LogP contribution in [0.25, 0.3) is 11.4 Å². The maximum Gasteiger partial charge on any atom is 0.412 e. The van der Waals surface area contributed by atoms with Crippen LogP contribution in [0.3, 0.4) is 0 Å². The number of hydrogen-bond acceptors (Lipinski definition) is 6. The highest BCUT2D eigenvalue weighted by Gasteiger charge is 2.16. The molecule has 28 heavy (non-hydrogen) atoms. The van der Waals surface area contributed by atoms with Crippen molar-refractivity contribution in [2.45, 2.75) is 26.4 Å². The molecule has 0 bridgehead atoms. The number of rotatable bonds is 4. The minimum absolute atomic E-state index is 0.306. The van der Waals surface area contributed by atoms with Crippen LogP contribution in [-0.4, -0.2) is 27.0 Å². The largest absolute Gasteiger partial charge is 0.444 e. The third-order valence-electron chi connectivity index (χ3n) is 3.47. The summed E-state index contributed by atoms with van der Waals surface area (Å²) in [4.78, 5) is 28.5. The van der Waals surface area contributed by atoms with E-state index in [0.717, 1.165) is 17.1 Å². The lowest BCUT2D eigenvalue weighted by Crippen LogP contribution is -2.27. The normalized spacial score (nSPS) is 11.0. The van der Waals surface area contributed by atoms with Gasteiger partial charge in [-0.05, 0) is 45.0 Å². The monoisotopic (exact) mass is 396 g/mol. The van der Waals surface area contributed by atoms with Gasteiger partial charge < -0.3 is 4.74 Å². The minimum Gasteiger partial charge on any atom is -0.444 e. The molecule has 0 atom stereocenters. The SMILES string of the molecule is CC(C)(C)OC(=O)Nc1ccc(C(=O)Nc2nc(-c3ccccc3)ns2)cc1. The Kier molecular flexibility index (Phi) is 5.70. The second kappa shape index (κ2) is 8.18. The van der Waals surface area contributed by atoms with Gasteiger partial charge in [0, 0.05) is 28.3 Å². The highest BCUT2D eigenvalue weighted by atomic mass is 32.1. The van der Waals surface area contributed by atoms with E-state index in [1.165, 1.54) is 0 Å². The molecule has 1 heterocycles. The van der Waals surface area contributed by atoms with Crippen LogP contribution >= 0.6 is 11.5 Å². The molecule has 2 aromatic carbocycles. The van der Waals surface area contributed by atoms with E-state index in [0.29, 0.717) is 22.2 Å². The van der Waals surface area contributed by atoms with Gasteiger partial charge in [0.1, 0.15) is 5.60 Å². The quantitative estimate of drug-likeness (QED) is 0.660. The number of anilines is 2. The van der Waals surface area contributed by atoms with E-state index in [1.54, 1.807) is 45.0 Å². The summed E-state index contributed by atoms with van der Waals surface area (Å²) in [5, 5.41) is 5.77. The van der Waals surface area contributed by atoms with Crippen LogP contribution in [0.1, 0.15) is 31.1 Å². The standard InChI is InChI=1S/C20H20N4O3S/c1-20(2,3)27-19(26)21-15-11-9-14(10-12-15)17(25)23-18-22-16(24-28-18)13-7-5-4-6-8-13/h4-12H,1-3H3,(H,21,26)(H,22,23,24,25). The van der Waals surface area contributed by atoms with Crippen molar-refractivity contribution in [3.05, 3.63) is 60.2 Å². The minimum atomic E-state index is -0.579. The first-order valence-electron chi connectivity index (χ1n) is 8.61. The Bertz CT molecular complexity index is 963. The lowest BCUT2D eigenvalue weighted by Gasteiger charge is -2.19. The van der Waals surface area contributed by atoms with Gasteiger partial charge in [-0.1, -0.05) is 30.3 Å². The van der Waals surface area contributed by atoms with E-state index in [2.05, 4.69) is 20.0 Å². The van der Waals surface area contributed by atoms with Gasteiger partial charge in [-0.3, -0.25) is 15.4 Å². The topological polar surface area (TPSA) is 93.2 Å². The highest BCUT2D eigenvalue weighted by molar-refractivity contribution is 7.10. The fraction of sp³-hybridized carbons (Fsp3) is 0.200. The van der Waals surface area contributed by atoms with Crippen molar-refractivity contribution in [2.24, 2.45) is 0 Å². The Hall–Kier alpha value is -3.26. The molecule has 0 saturated carbocycles. The Balaban J connectivity index is 1.61.